The van der Waals surface area contributed by atoms with Crippen LogP contribution in [0.5, 0.6) is 0 Å². The maximum atomic E-state index is 13.5. The van der Waals surface area contributed by atoms with E-state index in [1.807, 2.05) is 0 Å². The fourth-order valence-electron chi connectivity index (χ4n) is 1.36. The maximum absolute atomic E-state index is 13.5. The third kappa shape index (κ3) is 1.42. The highest BCUT2D eigenvalue weighted by atomic mass is 19.2. The van der Waals surface area contributed by atoms with Crippen LogP contribution in [0.25, 0.3) is 0 Å². The summed E-state index contributed by atoms with van der Waals surface area (Å²) >= 11 is 0. The molecule has 0 heterocycles. The Bertz CT molecular complexity index is 184. The molecule has 0 spiro atoms. The first kappa shape index (κ1) is 9.42. The smallest absolute Gasteiger partial charge is 0.347 e. The van der Waals surface area contributed by atoms with Gasteiger partial charge in [-0.2, -0.15) is 0 Å². The van der Waals surface area contributed by atoms with Crippen molar-refractivity contribution >= 4 is 5.97 Å². The number of methoxy groups -OCH3 is 1. The molecule has 0 amide bonds. The lowest BCUT2D eigenvalue weighted by molar-refractivity contribution is -0.157. The molecular weight excluding hydrogens is 166 g/mol. The van der Waals surface area contributed by atoms with Gasteiger partial charge in [-0.05, 0) is 25.7 Å². The van der Waals surface area contributed by atoms with E-state index in [0.717, 1.165) is 7.11 Å². The van der Waals surface area contributed by atoms with E-state index < -0.39 is 17.8 Å². The highest BCUT2D eigenvalue weighted by molar-refractivity contribution is 5.82. The molecule has 1 fully saturated rings. The van der Waals surface area contributed by atoms with Crippen LogP contribution >= 0.6 is 0 Å². The van der Waals surface area contributed by atoms with Crippen molar-refractivity contribution < 1.29 is 18.3 Å². The number of esters is 1. The van der Waals surface area contributed by atoms with E-state index in [-0.39, 0.29) is 12.8 Å². The Kier molecular flexibility index (Phi) is 2.65. The lowest BCUT2D eigenvalue weighted by Crippen LogP contribution is -2.41. The maximum Gasteiger partial charge on any atom is 0.347 e. The Labute approximate surface area is 69.9 Å². The molecule has 0 aromatic carbocycles. The second-order valence-electron chi connectivity index (χ2n) is 2.90. The molecule has 1 atom stereocenters. The number of halogens is 2. The summed E-state index contributed by atoms with van der Waals surface area (Å²) in [5.41, 5.74) is -2.47. The van der Waals surface area contributed by atoms with Crippen molar-refractivity contribution in [2.24, 2.45) is 0 Å². The van der Waals surface area contributed by atoms with E-state index in [9.17, 15) is 13.6 Å². The van der Waals surface area contributed by atoms with Crippen molar-refractivity contribution in [3.8, 4) is 0 Å². The van der Waals surface area contributed by atoms with Gasteiger partial charge in [-0.25, -0.2) is 13.6 Å². The molecule has 0 aromatic heterocycles. The number of rotatable bonds is 1. The average Bonchev–Trinajstić information content (AvgIpc) is 2.09. The molecule has 0 saturated heterocycles. The van der Waals surface area contributed by atoms with E-state index in [4.69, 9.17) is 0 Å². The van der Waals surface area contributed by atoms with Gasteiger partial charge in [0.25, 0.3) is 0 Å². The van der Waals surface area contributed by atoms with Crippen molar-refractivity contribution in [1.29, 1.82) is 0 Å². The van der Waals surface area contributed by atoms with Gasteiger partial charge in [-0.3, -0.25) is 0 Å². The highest BCUT2D eigenvalue weighted by Crippen LogP contribution is 2.40. The predicted molar refractivity (Wildman–Crippen MR) is 38.7 cm³/mol. The second kappa shape index (κ2) is 3.37. The van der Waals surface area contributed by atoms with E-state index in [1.54, 1.807) is 0 Å². The number of ether oxygens (including phenoxy) is 1. The Morgan fingerprint density at radius 1 is 1.58 bits per heavy atom. The Morgan fingerprint density at radius 3 is 2.75 bits per heavy atom. The van der Waals surface area contributed by atoms with Crippen LogP contribution in [-0.2, 0) is 9.53 Å². The summed E-state index contributed by atoms with van der Waals surface area (Å²) in [5.74, 6) is -1.11. The van der Waals surface area contributed by atoms with Crippen molar-refractivity contribution in [2.45, 2.75) is 31.4 Å². The molecule has 1 unspecified atom stereocenters. The summed E-state index contributed by atoms with van der Waals surface area (Å²) in [7, 11) is 1.06. The lowest BCUT2D eigenvalue weighted by atomic mass is 9.85. The molecule has 0 N–H and O–H groups in total. The Balaban J connectivity index is 2.72. The van der Waals surface area contributed by atoms with Gasteiger partial charge in [-0.1, -0.05) is 0 Å². The second-order valence-corrected chi connectivity index (χ2v) is 2.90. The number of carbonyl (C=O) groups excluding carboxylic acids is 1. The molecule has 0 aromatic rings. The first-order valence-corrected chi connectivity index (χ1v) is 3.90. The van der Waals surface area contributed by atoms with Crippen LogP contribution in [0.4, 0.5) is 8.78 Å². The van der Waals surface area contributed by atoms with E-state index in [0.29, 0.717) is 12.8 Å². The molecule has 0 bridgehead atoms. The molecule has 1 aliphatic carbocycles. The van der Waals surface area contributed by atoms with Crippen LogP contribution in [0.1, 0.15) is 25.7 Å². The third-order valence-electron chi connectivity index (χ3n) is 2.11. The van der Waals surface area contributed by atoms with E-state index in [1.165, 1.54) is 0 Å². The minimum absolute atomic E-state index is 0.0333. The monoisotopic (exact) mass is 177 g/mol. The third-order valence-corrected chi connectivity index (χ3v) is 2.11. The van der Waals surface area contributed by atoms with Gasteiger partial charge >= 0.3 is 5.97 Å². The first-order valence-electron chi connectivity index (χ1n) is 3.90. The predicted octanol–water partition coefficient (Wildman–Crippen LogP) is 1.94. The standard InChI is InChI=1S/C8H11F2O2/c1-12-7(11)8(10)5-3-2-4-6(8)9/h2-5H2,1H3. The molecule has 0 aliphatic heterocycles. The SMILES string of the molecule is COC(=O)C1(F)CCCC[C]1F. The quantitative estimate of drug-likeness (QED) is 0.572. The molecule has 1 radical (unpaired) electrons. The van der Waals surface area contributed by atoms with E-state index in [2.05, 4.69) is 4.74 Å². The zero-order valence-electron chi connectivity index (χ0n) is 6.90. The van der Waals surface area contributed by atoms with Crippen molar-refractivity contribution in [3.05, 3.63) is 6.17 Å². The number of alkyl halides is 1. The summed E-state index contributed by atoms with van der Waals surface area (Å²) in [5, 5.41) is 0. The average molecular weight is 177 g/mol. The molecule has 1 rings (SSSR count). The van der Waals surface area contributed by atoms with Gasteiger partial charge in [0.05, 0.1) is 7.11 Å². The highest BCUT2D eigenvalue weighted by Gasteiger charge is 2.50. The zero-order valence-corrected chi connectivity index (χ0v) is 6.90. The molecule has 69 valence electrons. The number of carbonyl (C=O) groups is 1. The summed E-state index contributed by atoms with van der Waals surface area (Å²) in [6, 6.07) is 0. The molecule has 12 heavy (non-hydrogen) atoms. The fraction of sp³-hybridized carbons (Fsp3) is 0.750. The van der Waals surface area contributed by atoms with Gasteiger partial charge < -0.3 is 4.74 Å². The van der Waals surface area contributed by atoms with Crippen molar-refractivity contribution in [2.75, 3.05) is 7.11 Å². The molecule has 1 aliphatic rings. The van der Waals surface area contributed by atoms with Crippen LogP contribution < -0.4 is 0 Å². The Hall–Kier alpha value is -0.670. The van der Waals surface area contributed by atoms with Crippen molar-refractivity contribution in [1.82, 2.24) is 0 Å². The summed E-state index contributed by atoms with van der Waals surface area (Å²) in [4.78, 5) is 10.8. The van der Waals surface area contributed by atoms with Crippen LogP contribution in [0.2, 0.25) is 0 Å². The minimum Gasteiger partial charge on any atom is -0.467 e. The van der Waals surface area contributed by atoms with Gasteiger partial charge in [0.2, 0.25) is 5.67 Å². The van der Waals surface area contributed by atoms with Gasteiger partial charge in [0.1, 0.15) is 0 Å². The Morgan fingerprint density at radius 2 is 2.25 bits per heavy atom. The zero-order chi connectivity index (χ0) is 9.19. The van der Waals surface area contributed by atoms with Gasteiger partial charge in [-0.15, -0.1) is 0 Å². The largest absolute Gasteiger partial charge is 0.467 e. The molecular formula is C8H11F2O2. The van der Waals surface area contributed by atoms with Crippen LogP contribution in [0, 0.1) is 6.17 Å². The van der Waals surface area contributed by atoms with Crippen LogP contribution in [0.15, 0.2) is 0 Å². The topological polar surface area (TPSA) is 26.3 Å². The summed E-state index contributed by atoms with van der Waals surface area (Å²) < 4.78 is 30.6. The van der Waals surface area contributed by atoms with Gasteiger partial charge in [0, 0.05) is 0 Å². The molecule has 1 saturated carbocycles. The minimum atomic E-state index is -2.47. The number of hydrogen-bond acceptors (Lipinski definition) is 2. The fourth-order valence-corrected chi connectivity index (χ4v) is 1.36. The van der Waals surface area contributed by atoms with Crippen LogP contribution in [0.3, 0.4) is 0 Å². The first-order chi connectivity index (χ1) is 5.61. The summed E-state index contributed by atoms with van der Waals surface area (Å²) in [6.45, 7) is 0. The normalized spacial score (nSPS) is 31.6. The van der Waals surface area contributed by atoms with Crippen molar-refractivity contribution in [3.63, 3.8) is 0 Å². The van der Waals surface area contributed by atoms with Crippen LogP contribution in [-0.4, -0.2) is 18.7 Å². The van der Waals surface area contributed by atoms with E-state index >= 15 is 0 Å². The summed E-state index contributed by atoms with van der Waals surface area (Å²) in [6.07, 6.45) is 0.186. The lowest BCUT2D eigenvalue weighted by Gasteiger charge is -2.28. The molecule has 4 heteroatoms. The number of hydrogen-bond donors (Lipinski definition) is 0. The van der Waals surface area contributed by atoms with Gasteiger partial charge in [0.15, 0.2) is 6.17 Å². The molecule has 2 nitrogen and oxygen atoms in total.